The third-order valence-corrected chi connectivity index (χ3v) is 4.25. The van der Waals surface area contributed by atoms with Crippen molar-refractivity contribution >= 4 is 22.9 Å². The minimum atomic E-state index is 0.766. The molecule has 19 heavy (non-hydrogen) atoms. The van der Waals surface area contributed by atoms with Gasteiger partial charge >= 0.3 is 0 Å². The van der Waals surface area contributed by atoms with E-state index in [-0.39, 0.29) is 0 Å². The summed E-state index contributed by atoms with van der Waals surface area (Å²) in [5.41, 5.74) is 2.13. The van der Waals surface area contributed by atoms with Crippen LogP contribution in [0.25, 0.3) is 0 Å². The van der Waals surface area contributed by atoms with Crippen LogP contribution in [0.5, 0.6) is 5.88 Å². The predicted octanol–water partition coefficient (Wildman–Crippen LogP) is 2.78. The largest absolute Gasteiger partial charge is 0.481 e. The molecule has 0 aromatic carbocycles. The number of aryl methyl sites for hydroxylation is 2. The zero-order valence-corrected chi connectivity index (χ0v) is 12.9. The highest BCUT2D eigenvalue weighted by molar-refractivity contribution is 7.16. The lowest BCUT2D eigenvalue weighted by atomic mass is 10.2. The van der Waals surface area contributed by atoms with E-state index in [1.54, 1.807) is 23.1 Å². The number of nitrogens with one attached hydrogen (secondary N) is 1. The lowest BCUT2D eigenvalue weighted by Gasteiger charge is -2.06. The van der Waals surface area contributed by atoms with Crippen molar-refractivity contribution in [2.45, 2.75) is 19.9 Å². The molecular weight excluding hydrogens is 282 g/mol. The quantitative estimate of drug-likeness (QED) is 0.834. The first kappa shape index (κ1) is 14.4. The summed E-state index contributed by atoms with van der Waals surface area (Å²) < 4.78 is 7.98. The molecule has 1 N–H and O–H groups in total. The third kappa shape index (κ3) is 3.49. The van der Waals surface area contributed by atoms with Crippen molar-refractivity contribution in [3.63, 3.8) is 0 Å². The summed E-state index contributed by atoms with van der Waals surface area (Å²) in [5, 5.41) is 7.78. The summed E-state index contributed by atoms with van der Waals surface area (Å²) in [6, 6.07) is 4.01. The molecule has 0 spiro atoms. The van der Waals surface area contributed by atoms with Crippen LogP contribution in [-0.4, -0.2) is 23.4 Å². The summed E-state index contributed by atoms with van der Waals surface area (Å²) in [6.07, 6.45) is 0.985. The molecule has 0 bridgehead atoms. The second-order valence-electron chi connectivity index (χ2n) is 4.33. The Bertz CT molecular complexity index is 550. The Morgan fingerprint density at radius 1 is 1.47 bits per heavy atom. The van der Waals surface area contributed by atoms with Gasteiger partial charge in [-0.1, -0.05) is 11.6 Å². The van der Waals surface area contributed by atoms with E-state index < -0.39 is 0 Å². The molecule has 0 aliphatic carbocycles. The summed E-state index contributed by atoms with van der Waals surface area (Å²) in [7, 11) is 3.57. The molecule has 2 heterocycles. The number of thiophene rings is 1. The molecule has 2 aromatic heterocycles. The van der Waals surface area contributed by atoms with Crippen molar-refractivity contribution < 1.29 is 4.74 Å². The highest BCUT2D eigenvalue weighted by Gasteiger charge is 2.12. The molecular formula is C13H18ClN3OS. The number of halogens is 1. The van der Waals surface area contributed by atoms with Crippen molar-refractivity contribution in [2.24, 2.45) is 7.05 Å². The molecule has 0 atom stereocenters. The van der Waals surface area contributed by atoms with Gasteiger partial charge in [-0.05, 0) is 25.5 Å². The van der Waals surface area contributed by atoms with E-state index in [1.165, 1.54) is 4.88 Å². The van der Waals surface area contributed by atoms with Crippen LogP contribution < -0.4 is 10.1 Å². The maximum absolute atomic E-state index is 5.90. The van der Waals surface area contributed by atoms with Crippen molar-refractivity contribution in [3.8, 4) is 5.88 Å². The van der Waals surface area contributed by atoms with Gasteiger partial charge in [0.2, 0.25) is 5.88 Å². The summed E-state index contributed by atoms with van der Waals surface area (Å²) in [5.74, 6) is 0.823. The van der Waals surface area contributed by atoms with E-state index >= 15 is 0 Å². The van der Waals surface area contributed by atoms with E-state index in [9.17, 15) is 0 Å². The Labute approximate surface area is 122 Å². The molecule has 0 saturated heterocycles. The van der Waals surface area contributed by atoms with Crippen LogP contribution >= 0.6 is 22.9 Å². The van der Waals surface area contributed by atoms with Gasteiger partial charge in [0.05, 0.1) is 22.7 Å². The van der Waals surface area contributed by atoms with Gasteiger partial charge in [-0.25, -0.2) is 4.68 Å². The highest BCUT2D eigenvalue weighted by Crippen LogP contribution is 2.22. The van der Waals surface area contributed by atoms with Crippen LogP contribution in [0.3, 0.4) is 0 Å². The Kier molecular flexibility index (Phi) is 4.85. The molecule has 0 unspecified atom stereocenters. The van der Waals surface area contributed by atoms with Gasteiger partial charge in [0.15, 0.2) is 0 Å². The van der Waals surface area contributed by atoms with Crippen molar-refractivity contribution in [2.75, 3.05) is 13.7 Å². The second kappa shape index (κ2) is 6.41. The monoisotopic (exact) mass is 299 g/mol. The second-order valence-corrected chi connectivity index (χ2v) is 6.13. The molecule has 0 fully saturated rings. The molecule has 2 aromatic rings. The number of ether oxygens (including phenoxy) is 1. The Morgan fingerprint density at radius 2 is 2.26 bits per heavy atom. The first-order chi connectivity index (χ1) is 9.11. The maximum Gasteiger partial charge on any atom is 0.216 e. The van der Waals surface area contributed by atoms with Gasteiger partial charge in [0, 0.05) is 25.0 Å². The number of rotatable bonds is 6. The fourth-order valence-electron chi connectivity index (χ4n) is 2.05. The SMILES string of the molecule is COc1c(CNCCc2ccc(Cl)s2)c(C)nn1C. The van der Waals surface area contributed by atoms with E-state index in [1.807, 2.05) is 20.0 Å². The standard InChI is InChI=1S/C13H18ClN3OS/c1-9-11(13(18-3)17(2)16-9)8-15-7-6-10-4-5-12(14)19-10/h4-5,15H,6-8H2,1-3H3. The minimum Gasteiger partial charge on any atom is -0.481 e. The van der Waals surface area contributed by atoms with Crippen molar-refractivity contribution in [1.29, 1.82) is 0 Å². The Balaban J connectivity index is 1.86. The minimum absolute atomic E-state index is 0.766. The molecule has 0 radical (unpaired) electrons. The van der Waals surface area contributed by atoms with Gasteiger partial charge in [-0.3, -0.25) is 0 Å². The normalized spacial score (nSPS) is 10.9. The average molecular weight is 300 g/mol. The zero-order valence-electron chi connectivity index (χ0n) is 11.4. The van der Waals surface area contributed by atoms with Crippen molar-refractivity contribution in [3.05, 3.63) is 32.6 Å². The van der Waals surface area contributed by atoms with Crippen LogP contribution in [-0.2, 0) is 20.0 Å². The fraction of sp³-hybridized carbons (Fsp3) is 0.462. The van der Waals surface area contributed by atoms with Gasteiger partial charge in [-0.15, -0.1) is 11.3 Å². The van der Waals surface area contributed by atoms with Crippen LogP contribution in [0.4, 0.5) is 0 Å². The van der Waals surface area contributed by atoms with Gasteiger partial charge < -0.3 is 10.1 Å². The molecule has 0 aliphatic heterocycles. The highest BCUT2D eigenvalue weighted by atomic mass is 35.5. The fourth-order valence-corrected chi connectivity index (χ4v) is 3.14. The van der Waals surface area contributed by atoms with E-state index in [2.05, 4.69) is 16.5 Å². The summed E-state index contributed by atoms with van der Waals surface area (Å²) in [4.78, 5) is 1.30. The van der Waals surface area contributed by atoms with Crippen LogP contribution in [0, 0.1) is 6.92 Å². The Morgan fingerprint density at radius 3 is 2.89 bits per heavy atom. The molecule has 6 heteroatoms. The number of aromatic nitrogens is 2. The summed E-state index contributed by atoms with van der Waals surface area (Å²) in [6.45, 7) is 3.68. The lowest BCUT2D eigenvalue weighted by Crippen LogP contribution is -2.17. The van der Waals surface area contributed by atoms with Gasteiger partial charge in [0.1, 0.15) is 0 Å². The molecule has 0 amide bonds. The van der Waals surface area contributed by atoms with E-state index in [4.69, 9.17) is 16.3 Å². The maximum atomic E-state index is 5.90. The molecule has 104 valence electrons. The topological polar surface area (TPSA) is 39.1 Å². The smallest absolute Gasteiger partial charge is 0.216 e. The average Bonchev–Trinajstić information content (AvgIpc) is 2.89. The summed E-state index contributed by atoms with van der Waals surface area (Å²) >= 11 is 7.54. The lowest BCUT2D eigenvalue weighted by molar-refractivity contribution is 0.368. The van der Waals surface area contributed by atoms with Crippen LogP contribution in [0.2, 0.25) is 4.34 Å². The number of hydrogen-bond acceptors (Lipinski definition) is 4. The first-order valence-electron chi connectivity index (χ1n) is 6.13. The van der Waals surface area contributed by atoms with Crippen LogP contribution in [0.1, 0.15) is 16.1 Å². The third-order valence-electron chi connectivity index (χ3n) is 2.96. The Hall–Kier alpha value is -1.04. The number of hydrogen-bond donors (Lipinski definition) is 1. The van der Waals surface area contributed by atoms with Gasteiger partial charge in [0.25, 0.3) is 0 Å². The van der Waals surface area contributed by atoms with Crippen molar-refractivity contribution in [1.82, 2.24) is 15.1 Å². The first-order valence-corrected chi connectivity index (χ1v) is 7.32. The molecule has 0 saturated carbocycles. The van der Waals surface area contributed by atoms with Gasteiger partial charge in [-0.2, -0.15) is 5.10 Å². The van der Waals surface area contributed by atoms with Crippen LogP contribution in [0.15, 0.2) is 12.1 Å². The van der Waals surface area contributed by atoms with E-state index in [0.29, 0.717) is 0 Å². The molecule has 0 aliphatic rings. The number of nitrogens with zero attached hydrogens (tertiary/aromatic N) is 2. The zero-order chi connectivity index (χ0) is 13.8. The van der Waals surface area contributed by atoms with E-state index in [0.717, 1.165) is 41.0 Å². The molecule has 2 rings (SSSR count). The number of methoxy groups -OCH3 is 1. The predicted molar refractivity (Wildman–Crippen MR) is 79.2 cm³/mol. The molecule has 4 nitrogen and oxygen atoms in total.